The molecule has 8 heavy (non-hydrogen) atoms. The molecule has 0 N–H and O–H groups in total. The second kappa shape index (κ2) is 4.27. The second-order valence-corrected chi connectivity index (χ2v) is 1.85. The standard InChI is InChI=1S/C6H6S.Sn/c7-6-4-2-1-3-5-6;/h1-5,7H;. The van der Waals surface area contributed by atoms with Crippen LogP contribution < -0.4 is 0 Å². The summed E-state index contributed by atoms with van der Waals surface area (Å²) in [6.07, 6.45) is 0. The minimum atomic E-state index is 0. The molecule has 0 aliphatic heterocycles. The first-order valence-corrected chi connectivity index (χ1v) is 2.58. The summed E-state index contributed by atoms with van der Waals surface area (Å²) in [4.78, 5) is 1.02. The van der Waals surface area contributed by atoms with E-state index >= 15 is 0 Å². The van der Waals surface area contributed by atoms with Gasteiger partial charge in [-0.3, -0.25) is 0 Å². The van der Waals surface area contributed by atoms with Crippen LogP contribution in [-0.4, -0.2) is 23.9 Å². The Morgan fingerprint density at radius 2 is 1.50 bits per heavy atom. The number of rotatable bonds is 0. The van der Waals surface area contributed by atoms with E-state index in [9.17, 15) is 0 Å². The fraction of sp³-hybridized carbons (Fsp3) is 0. The summed E-state index contributed by atoms with van der Waals surface area (Å²) in [5.41, 5.74) is 0. The van der Waals surface area contributed by atoms with Gasteiger partial charge < -0.3 is 0 Å². The van der Waals surface area contributed by atoms with E-state index in [-0.39, 0.29) is 23.9 Å². The second-order valence-electron chi connectivity index (χ2n) is 1.34. The van der Waals surface area contributed by atoms with E-state index in [0.717, 1.165) is 4.90 Å². The van der Waals surface area contributed by atoms with Gasteiger partial charge in [-0.1, -0.05) is 18.2 Å². The molecule has 0 saturated heterocycles. The van der Waals surface area contributed by atoms with Crippen molar-refractivity contribution < 1.29 is 0 Å². The normalized spacial score (nSPS) is 7.62. The first-order chi connectivity index (χ1) is 3.39. The van der Waals surface area contributed by atoms with Crippen molar-refractivity contribution in [1.82, 2.24) is 0 Å². The van der Waals surface area contributed by atoms with Crippen molar-refractivity contribution >= 4 is 36.5 Å². The molecule has 0 heterocycles. The molecule has 1 rings (SSSR count). The molecule has 0 unspecified atom stereocenters. The van der Waals surface area contributed by atoms with E-state index in [1.807, 2.05) is 30.3 Å². The van der Waals surface area contributed by atoms with Crippen LogP contribution in [0.15, 0.2) is 35.2 Å². The van der Waals surface area contributed by atoms with Crippen LogP contribution in [0.2, 0.25) is 0 Å². The van der Waals surface area contributed by atoms with E-state index < -0.39 is 0 Å². The Labute approximate surface area is 71.7 Å². The van der Waals surface area contributed by atoms with Crippen molar-refractivity contribution in [3.05, 3.63) is 30.3 Å². The van der Waals surface area contributed by atoms with Gasteiger partial charge in [-0.2, -0.15) is 0 Å². The summed E-state index contributed by atoms with van der Waals surface area (Å²) in [6.45, 7) is 0. The fourth-order valence-electron chi connectivity index (χ4n) is 0.428. The number of hydrogen-bond donors (Lipinski definition) is 1. The van der Waals surface area contributed by atoms with Crippen LogP contribution in [0.5, 0.6) is 0 Å². The third kappa shape index (κ3) is 2.62. The molecule has 0 atom stereocenters. The average Bonchev–Trinajstić information content (AvgIpc) is 1.69. The SMILES string of the molecule is Sc1ccccc1.[Sn]. The van der Waals surface area contributed by atoms with Gasteiger partial charge in [-0.25, -0.2) is 0 Å². The van der Waals surface area contributed by atoms with Gasteiger partial charge in [0.1, 0.15) is 0 Å². The van der Waals surface area contributed by atoms with Crippen molar-refractivity contribution in [1.29, 1.82) is 0 Å². The molecule has 1 aromatic carbocycles. The molecule has 0 spiro atoms. The van der Waals surface area contributed by atoms with Crippen LogP contribution in [0.3, 0.4) is 0 Å². The molecular weight excluding hydrogens is 223 g/mol. The zero-order chi connectivity index (χ0) is 5.11. The van der Waals surface area contributed by atoms with Gasteiger partial charge >= 0.3 is 0 Å². The Balaban J connectivity index is 0.000000490. The summed E-state index contributed by atoms with van der Waals surface area (Å²) in [6, 6.07) is 9.79. The Kier molecular flexibility index (Phi) is 4.46. The fourth-order valence-corrected chi connectivity index (χ4v) is 0.600. The zero-order valence-electron chi connectivity index (χ0n) is 4.33. The summed E-state index contributed by atoms with van der Waals surface area (Å²) >= 11 is 4.08. The van der Waals surface area contributed by atoms with Crippen molar-refractivity contribution in [2.75, 3.05) is 0 Å². The van der Waals surface area contributed by atoms with Crippen molar-refractivity contribution in [3.8, 4) is 0 Å². The number of benzene rings is 1. The molecule has 0 nitrogen and oxygen atoms in total. The Morgan fingerprint density at radius 1 is 1.00 bits per heavy atom. The zero-order valence-corrected chi connectivity index (χ0v) is 8.08. The maximum Gasteiger partial charge on any atom is 0.00399 e. The van der Waals surface area contributed by atoms with E-state index in [1.54, 1.807) is 0 Å². The number of thiol groups is 1. The molecule has 4 radical (unpaired) electrons. The Hall–Kier alpha value is 0.369. The van der Waals surface area contributed by atoms with Gasteiger partial charge in [0, 0.05) is 28.8 Å². The van der Waals surface area contributed by atoms with Gasteiger partial charge in [0.05, 0.1) is 0 Å². The Morgan fingerprint density at radius 3 is 1.75 bits per heavy atom. The van der Waals surface area contributed by atoms with Crippen LogP contribution in [-0.2, 0) is 0 Å². The Bertz CT molecular complexity index is 138. The molecule has 2 heteroatoms. The first-order valence-electron chi connectivity index (χ1n) is 2.13. The average molecular weight is 229 g/mol. The molecule has 40 valence electrons. The van der Waals surface area contributed by atoms with E-state index in [1.165, 1.54) is 0 Å². The largest absolute Gasteiger partial charge is 0.143 e. The quantitative estimate of drug-likeness (QED) is 0.506. The summed E-state index contributed by atoms with van der Waals surface area (Å²) < 4.78 is 0. The van der Waals surface area contributed by atoms with Crippen LogP contribution in [0.4, 0.5) is 0 Å². The summed E-state index contributed by atoms with van der Waals surface area (Å²) in [5.74, 6) is 0. The molecule has 0 aliphatic carbocycles. The molecule has 0 aliphatic rings. The molecule has 0 amide bonds. The minimum absolute atomic E-state index is 0. The molecular formula is C6H6SSn. The predicted octanol–water partition coefficient (Wildman–Crippen LogP) is 1.59. The van der Waals surface area contributed by atoms with E-state index in [2.05, 4.69) is 12.6 Å². The molecule has 1 aromatic rings. The van der Waals surface area contributed by atoms with Gasteiger partial charge in [0.2, 0.25) is 0 Å². The van der Waals surface area contributed by atoms with E-state index in [0.29, 0.717) is 0 Å². The number of hydrogen-bond acceptors (Lipinski definition) is 1. The topological polar surface area (TPSA) is 0 Å². The molecule has 0 fully saturated rings. The van der Waals surface area contributed by atoms with Crippen molar-refractivity contribution in [3.63, 3.8) is 0 Å². The maximum atomic E-state index is 4.08. The molecule has 0 saturated carbocycles. The predicted molar refractivity (Wildman–Crippen MR) is 39.4 cm³/mol. The van der Waals surface area contributed by atoms with Crippen molar-refractivity contribution in [2.24, 2.45) is 0 Å². The maximum absolute atomic E-state index is 4.08. The van der Waals surface area contributed by atoms with Gasteiger partial charge in [0.15, 0.2) is 0 Å². The third-order valence-electron chi connectivity index (χ3n) is 0.756. The third-order valence-corrected chi connectivity index (χ3v) is 1.05. The first kappa shape index (κ1) is 8.37. The minimum Gasteiger partial charge on any atom is -0.143 e. The van der Waals surface area contributed by atoms with Crippen molar-refractivity contribution in [2.45, 2.75) is 4.90 Å². The molecule has 0 aromatic heterocycles. The summed E-state index contributed by atoms with van der Waals surface area (Å²) in [7, 11) is 0. The van der Waals surface area contributed by atoms with Crippen LogP contribution in [0.1, 0.15) is 0 Å². The van der Waals surface area contributed by atoms with Crippen LogP contribution >= 0.6 is 12.6 Å². The van der Waals surface area contributed by atoms with Gasteiger partial charge in [0.25, 0.3) is 0 Å². The van der Waals surface area contributed by atoms with Gasteiger partial charge in [-0.15, -0.1) is 12.6 Å². The molecule has 0 bridgehead atoms. The van der Waals surface area contributed by atoms with Gasteiger partial charge in [-0.05, 0) is 12.1 Å². The van der Waals surface area contributed by atoms with Crippen LogP contribution in [0.25, 0.3) is 0 Å². The van der Waals surface area contributed by atoms with Crippen LogP contribution in [0, 0.1) is 0 Å². The smallest absolute Gasteiger partial charge is 0.00399 e. The summed E-state index contributed by atoms with van der Waals surface area (Å²) in [5, 5.41) is 0. The monoisotopic (exact) mass is 230 g/mol. The van der Waals surface area contributed by atoms with E-state index in [4.69, 9.17) is 0 Å².